The highest BCUT2D eigenvalue weighted by molar-refractivity contribution is 5.00. The van der Waals surface area contributed by atoms with E-state index in [9.17, 15) is 0 Å². The minimum Gasteiger partial charge on any atom is -0.395 e. The molecule has 2 fully saturated rings. The molecule has 0 unspecified atom stereocenters. The van der Waals surface area contributed by atoms with Gasteiger partial charge in [0.1, 0.15) is 0 Å². The minimum absolute atomic E-state index is 0.270. The van der Waals surface area contributed by atoms with E-state index in [0.29, 0.717) is 6.04 Å². The number of aliphatic hydroxyl groups is 1. The molecule has 5 heteroatoms. The van der Waals surface area contributed by atoms with Crippen molar-refractivity contribution in [3.63, 3.8) is 0 Å². The molecule has 20 heavy (non-hydrogen) atoms. The van der Waals surface area contributed by atoms with Gasteiger partial charge in [0.2, 0.25) is 0 Å². The molecule has 0 bridgehead atoms. The highest BCUT2D eigenvalue weighted by atomic mass is 16.3. The second-order valence-electron chi connectivity index (χ2n) is 6.07. The summed E-state index contributed by atoms with van der Waals surface area (Å²) in [6, 6.07) is 2.82. The molecular weight excluding hydrogens is 252 g/mol. The zero-order chi connectivity index (χ0) is 13.8. The summed E-state index contributed by atoms with van der Waals surface area (Å²) in [5.74, 6) is 0. The number of piperazine rings is 1. The molecule has 1 aromatic rings. The predicted octanol–water partition coefficient (Wildman–Crippen LogP) is 1.11. The third-order valence-electron chi connectivity index (χ3n) is 4.63. The molecule has 2 aliphatic rings. The number of aromatic nitrogens is 2. The van der Waals surface area contributed by atoms with E-state index in [2.05, 4.69) is 26.7 Å². The van der Waals surface area contributed by atoms with Gasteiger partial charge < -0.3 is 5.11 Å². The Balaban J connectivity index is 1.49. The smallest absolute Gasteiger partial charge is 0.0764 e. The summed E-state index contributed by atoms with van der Waals surface area (Å²) < 4.78 is 2.18. The monoisotopic (exact) mass is 278 g/mol. The second kappa shape index (κ2) is 6.70. The number of β-amino-alcohol motifs (C(OH)–C–C–N with tert-alkyl or cyclic N) is 1. The number of rotatable bonds is 5. The van der Waals surface area contributed by atoms with Gasteiger partial charge in [-0.2, -0.15) is 5.10 Å². The van der Waals surface area contributed by atoms with Crippen LogP contribution in [-0.4, -0.2) is 64.0 Å². The van der Waals surface area contributed by atoms with Gasteiger partial charge in [-0.15, -0.1) is 0 Å². The summed E-state index contributed by atoms with van der Waals surface area (Å²) in [5, 5.41) is 13.7. The zero-order valence-corrected chi connectivity index (χ0v) is 12.2. The average Bonchev–Trinajstić information content (AvgIpc) is 3.12. The molecule has 5 nitrogen and oxygen atoms in total. The van der Waals surface area contributed by atoms with Gasteiger partial charge in [0.25, 0.3) is 0 Å². The molecule has 0 atom stereocenters. The lowest BCUT2D eigenvalue weighted by Crippen LogP contribution is -2.46. The maximum atomic E-state index is 8.96. The Kier molecular flexibility index (Phi) is 4.70. The van der Waals surface area contributed by atoms with Crippen LogP contribution in [0.2, 0.25) is 0 Å². The summed E-state index contributed by atoms with van der Waals surface area (Å²) in [5.41, 5.74) is 1.20. The summed E-state index contributed by atoms with van der Waals surface area (Å²) in [7, 11) is 0. The Morgan fingerprint density at radius 1 is 1.10 bits per heavy atom. The lowest BCUT2D eigenvalue weighted by Gasteiger charge is -2.33. The molecule has 1 aliphatic carbocycles. The topological polar surface area (TPSA) is 44.5 Å². The van der Waals surface area contributed by atoms with E-state index in [4.69, 9.17) is 10.2 Å². The third kappa shape index (κ3) is 3.40. The predicted molar refractivity (Wildman–Crippen MR) is 78.5 cm³/mol. The van der Waals surface area contributed by atoms with Crippen molar-refractivity contribution < 1.29 is 5.11 Å². The Bertz CT molecular complexity index is 406. The van der Waals surface area contributed by atoms with Crippen LogP contribution in [0.25, 0.3) is 0 Å². The fourth-order valence-corrected chi connectivity index (χ4v) is 3.38. The van der Waals surface area contributed by atoms with Crippen LogP contribution in [0.1, 0.15) is 37.4 Å². The highest BCUT2D eigenvalue weighted by Gasteiger charge is 2.19. The minimum atomic E-state index is 0.270. The molecule has 112 valence electrons. The van der Waals surface area contributed by atoms with Gasteiger partial charge in [0.05, 0.1) is 18.3 Å². The normalized spacial score (nSPS) is 22.6. The van der Waals surface area contributed by atoms with Crippen molar-refractivity contribution in [3.8, 4) is 0 Å². The number of hydrogen-bond donors (Lipinski definition) is 1. The molecule has 2 heterocycles. The number of aliphatic hydroxyl groups excluding tert-OH is 1. The first-order chi connectivity index (χ1) is 9.85. The average molecular weight is 278 g/mol. The highest BCUT2D eigenvalue weighted by Crippen LogP contribution is 2.28. The molecular formula is C15H26N4O. The van der Waals surface area contributed by atoms with Gasteiger partial charge in [-0.25, -0.2) is 0 Å². The van der Waals surface area contributed by atoms with Crippen LogP contribution in [0, 0.1) is 0 Å². The van der Waals surface area contributed by atoms with E-state index in [-0.39, 0.29) is 6.61 Å². The summed E-state index contributed by atoms with van der Waals surface area (Å²) in [4.78, 5) is 4.79. The van der Waals surface area contributed by atoms with E-state index in [1.54, 1.807) is 0 Å². The molecule has 0 aromatic carbocycles. The molecule has 0 radical (unpaired) electrons. The molecule has 3 rings (SSSR count). The zero-order valence-electron chi connectivity index (χ0n) is 12.2. The summed E-state index contributed by atoms with van der Waals surface area (Å²) in [6.07, 6.45) is 7.45. The van der Waals surface area contributed by atoms with E-state index < -0.39 is 0 Å². The third-order valence-corrected chi connectivity index (χ3v) is 4.63. The van der Waals surface area contributed by atoms with Crippen molar-refractivity contribution in [2.24, 2.45) is 0 Å². The van der Waals surface area contributed by atoms with Crippen molar-refractivity contribution in [3.05, 3.63) is 18.0 Å². The van der Waals surface area contributed by atoms with Crippen LogP contribution < -0.4 is 0 Å². The van der Waals surface area contributed by atoms with E-state index in [1.165, 1.54) is 31.4 Å². The molecule has 1 N–H and O–H groups in total. The van der Waals surface area contributed by atoms with Gasteiger partial charge in [-0.1, -0.05) is 12.8 Å². The van der Waals surface area contributed by atoms with E-state index >= 15 is 0 Å². The largest absolute Gasteiger partial charge is 0.395 e. The first kappa shape index (κ1) is 14.0. The van der Waals surface area contributed by atoms with Crippen LogP contribution in [0.3, 0.4) is 0 Å². The Morgan fingerprint density at radius 3 is 2.50 bits per heavy atom. The van der Waals surface area contributed by atoms with Crippen LogP contribution in [0.5, 0.6) is 0 Å². The van der Waals surface area contributed by atoms with Crippen molar-refractivity contribution in [2.45, 2.75) is 38.3 Å². The maximum Gasteiger partial charge on any atom is 0.0764 e. The van der Waals surface area contributed by atoms with Gasteiger partial charge in [-0.05, 0) is 18.9 Å². The van der Waals surface area contributed by atoms with Crippen molar-refractivity contribution in [1.29, 1.82) is 0 Å². The van der Waals surface area contributed by atoms with Gasteiger partial charge in [0.15, 0.2) is 0 Å². The van der Waals surface area contributed by atoms with Crippen LogP contribution in [0.15, 0.2) is 12.3 Å². The van der Waals surface area contributed by atoms with E-state index in [1.807, 2.05) is 0 Å². The fraction of sp³-hybridized carbons (Fsp3) is 0.800. The van der Waals surface area contributed by atoms with Crippen molar-refractivity contribution >= 4 is 0 Å². The SMILES string of the molecule is OCCN1CCN(Cc2ccn(C3CCCC3)n2)CC1. The standard InChI is InChI=1S/C15H26N4O/c20-12-11-17-7-9-18(10-8-17)13-14-5-6-19(16-14)15-3-1-2-4-15/h5-6,15,20H,1-4,7-13H2. The summed E-state index contributed by atoms with van der Waals surface area (Å²) >= 11 is 0. The van der Waals surface area contributed by atoms with Crippen LogP contribution in [0.4, 0.5) is 0 Å². The first-order valence-electron chi connectivity index (χ1n) is 7.95. The van der Waals surface area contributed by atoms with E-state index in [0.717, 1.165) is 39.3 Å². The van der Waals surface area contributed by atoms with Gasteiger partial charge in [-0.3, -0.25) is 14.5 Å². The molecule has 1 aromatic heterocycles. The lowest BCUT2D eigenvalue weighted by molar-refractivity contribution is 0.107. The molecule has 0 spiro atoms. The molecule has 1 saturated heterocycles. The number of hydrogen-bond acceptors (Lipinski definition) is 4. The molecule has 0 amide bonds. The van der Waals surface area contributed by atoms with Gasteiger partial charge in [0, 0.05) is 45.5 Å². The molecule has 1 aliphatic heterocycles. The number of nitrogens with zero attached hydrogens (tertiary/aromatic N) is 4. The van der Waals surface area contributed by atoms with Crippen molar-refractivity contribution in [2.75, 3.05) is 39.3 Å². The Labute approximate surface area is 121 Å². The first-order valence-corrected chi connectivity index (χ1v) is 7.95. The Morgan fingerprint density at radius 2 is 1.80 bits per heavy atom. The summed E-state index contributed by atoms with van der Waals surface area (Å²) in [6.45, 7) is 6.32. The van der Waals surface area contributed by atoms with Crippen LogP contribution in [-0.2, 0) is 6.54 Å². The lowest BCUT2D eigenvalue weighted by atomic mass is 10.3. The van der Waals surface area contributed by atoms with Crippen LogP contribution >= 0.6 is 0 Å². The van der Waals surface area contributed by atoms with Gasteiger partial charge >= 0.3 is 0 Å². The second-order valence-corrected chi connectivity index (χ2v) is 6.07. The molecule has 1 saturated carbocycles. The quantitative estimate of drug-likeness (QED) is 0.876. The Hall–Kier alpha value is -0.910. The fourth-order valence-electron chi connectivity index (χ4n) is 3.38. The van der Waals surface area contributed by atoms with Crippen molar-refractivity contribution in [1.82, 2.24) is 19.6 Å². The maximum absolute atomic E-state index is 8.96.